The van der Waals surface area contributed by atoms with Crippen molar-refractivity contribution < 1.29 is 33.4 Å². The van der Waals surface area contributed by atoms with Gasteiger partial charge in [-0.2, -0.15) is 0 Å². The highest BCUT2D eigenvalue weighted by Gasteiger charge is 2.29. The van der Waals surface area contributed by atoms with Crippen LogP contribution in [0, 0.1) is 0 Å². The summed E-state index contributed by atoms with van der Waals surface area (Å²) >= 11 is 0. The van der Waals surface area contributed by atoms with Gasteiger partial charge in [-0.1, -0.05) is 48.5 Å². The SMILES string of the molecule is CC(C)(C)OC(=O)NC(=NCCC[C@H](C=O)NC(=O)OCC1c2ccccc2-c2ccccc21)NC(=O)OC(C)(C)C. The van der Waals surface area contributed by atoms with Gasteiger partial charge in [-0.15, -0.1) is 0 Å². The molecule has 0 radical (unpaired) electrons. The Balaban J connectivity index is 1.53. The Morgan fingerprint density at radius 3 is 1.81 bits per heavy atom. The monoisotopic (exact) mass is 580 g/mol. The van der Waals surface area contributed by atoms with Crippen LogP contribution in [0.3, 0.4) is 0 Å². The molecule has 1 atom stereocenters. The Morgan fingerprint density at radius 2 is 1.33 bits per heavy atom. The number of aliphatic imine (C=N–C) groups is 1. The van der Waals surface area contributed by atoms with E-state index in [1.807, 2.05) is 36.4 Å². The third-order valence-electron chi connectivity index (χ3n) is 5.99. The Kier molecular flexibility index (Phi) is 10.7. The van der Waals surface area contributed by atoms with Gasteiger partial charge in [-0.05, 0) is 76.6 Å². The topological polar surface area (TPSA) is 144 Å². The second-order valence-corrected chi connectivity index (χ2v) is 11.8. The average molecular weight is 581 g/mol. The maximum Gasteiger partial charge on any atom is 0.414 e. The van der Waals surface area contributed by atoms with Crippen molar-refractivity contribution in [2.75, 3.05) is 13.2 Å². The van der Waals surface area contributed by atoms with E-state index in [1.165, 1.54) is 0 Å². The summed E-state index contributed by atoms with van der Waals surface area (Å²) in [6.07, 6.45) is -1.08. The number of nitrogens with one attached hydrogen (secondary N) is 3. The first-order valence-corrected chi connectivity index (χ1v) is 13.9. The zero-order valence-electron chi connectivity index (χ0n) is 25.0. The molecule has 2 aromatic rings. The molecule has 3 N–H and O–H groups in total. The Hall–Kier alpha value is -4.41. The summed E-state index contributed by atoms with van der Waals surface area (Å²) in [4.78, 5) is 52.9. The number of nitrogens with zero attached hydrogens (tertiary/aromatic N) is 1. The first kappa shape index (κ1) is 32.1. The normalized spacial score (nSPS) is 13.1. The molecule has 0 heterocycles. The first-order valence-electron chi connectivity index (χ1n) is 13.9. The number of benzene rings is 2. The van der Waals surface area contributed by atoms with Crippen LogP contribution >= 0.6 is 0 Å². The fourth-order valence-corrected chi connectivity index (χ4v) is 4.38. The summed E-state index contributed by atoms with van der Waals surface area (Å²) in [5.41, 5.74) is 2.90. The molecule has 0 fully saturated rings. The molecule has 0 spiro atoms. The zero-order chi connectivity index (χ0) is 30.9. The molecule has 1 aliphatic rings. The smallest absolute Gasteiger partial charge is 0.414 e. The van der Waals surface area contributed by atoms with Crippen LogP contribution in [0.15, 0.2) is 53.5 Å². The second kappa shape index (κ2) is 14.0. The van der Waals surface area contributed by atoms with Crippen molar-refractivity contribution in [1.29, 1.82) is 0 Å². The molecule has 2 aromatic carbocycles. The molecule has 0 bridgehead atoms. The number of rotatable bonds is 8. The predicted octanol–water partition coefficient (Wildman–Crippen LogP) is 5.28. The van der Waals surface area contributed by atoms with E-state index in [0.717, 1.165) is 22.3 Å². The largest absolute Gasteiger partial charge is 0.449 e. The minimum Gasteiger partial charge on any atom is -0.449 e. The number of aldehydes is 1. The molecule has 0 aliphatic heterocycles. The zero-order valence-corrected chi connectivity index (χ0v) is 25.0. The van der Waals surface area contributed by atoms with Gasteiger partial charge in [-0.3, -0.25) is 15.6 Å². The number of hydrogen-bond donors (Lipinski definition) is 3. The minimum absolute atomic E-state index is 0.0967. The van der Waals surface area contributed by atoms with Crippen LogP contribution in [0.25, 0.3) is 11.1 Å². The van der Waals surface area contributed by atoms with E-state index < -0.39 is 35.5 Å². The fourth-order valence-electron chi connectivity index (χ4n) is 4.38. The lowest BCUT2D eigenvalue weighted by molar-refractivity contribution is -0.109. The van der Waals surface area contributed by atoms with Crippen LogP contribution in [0.5, 0.6) is 0 Å². The molecular weight excluding hydrogens is 540 g/mol. The Bertz CT molecular complexity index is 1230. The molecule has 226 valence electrons. The molecule has 0 aromatic heterocycles. The van der Waals surface area contributed by atoms with Gasteiger partial charge < -0.3 is 24.3 Å². The van der Waals surface area contributed by atoms with Crippen LogP contribution in [-0.4, -0.2) is 60.9 Å². The fraction of sp³-hybridized carbons (Fsp3) is 0.452. The van der Waals surface area contributed by atoms with E-state index in [1.54, 1.807) is 41.5 Å². The van der Waals surface area contributed by atoms with Crippen molar-refractivity contribution in [3.63, 3.8) is 0 Å². The van der Waals surface area contributed by atoms with E-state index >= 15 is 0 Å². The molecule has 42 heavy (non-hydrogen) atoms. The lowest BCUT2D eigenvalue weighted by Gasteiger charge is -2.22. The van der Waals surface area contributed by atoms with E-state index in [4.69, 9.17) is 14.2 Å². The second-order valence-electron chi connectivity index (χ2n) is 11.8. The highest BCUT2D eigenvalue weighted by Crippen LogP contribution is 2.44. The van der Waals surface area contributed by atoms with Crippen molar-refractivity contribution in [2.24, 2.45) is 4.99 Å². The van der Waals surface area contributed by atoms with Gasteiger partial charge in [0.05, 0.1) is 6.04 Å². The molecule has 1 aliphatic carbocycles. The van der Waals surface area contributed by atoms with Gasteiger partial charge in [0.15, 0.2) is 0 Å². The highest BCUT2D eigenvalue weighted by molar-refractivity contribution is 6.01. The van der Waals surface area contributed by atoms with Crippen molar-refractivity contribution in [3.05, 3.63) is 59.7 Å². The number of fused-ring (bicyclic) bond motifs is 3. The average Bonchev–Trinajstić information content (AvgIpc) is 3.20. The Morgan fingerprint density at radius 1 is 0.833 bits per heavy atom. The Labute approximate surface area is 246 Å². The van der Waals surface area contributed by atoms with Crippen molar-refractivity contribution >= 4 is 30.5 Å². The summed E-state index contributed by atoms with van der Waals surface area (Å²) < 4.78 is 16.0. The van der Waals surface area contributed by atoms with Gasteiger partial charge in [0.25, 0.3) is 0 Å². The molecule has 3 rings (SSSR count). The molecule has 0 saturated carbocycles. The third kappa shape index (κ3) is 9.90. The van der Waals surface area contributed by atoms with E-state index in [9.17, 15) is 19.2 Å². The number of carbonyl (C=O) groups is 4. The number of ether oxygens (including phenoxy) is 3. The van der Waals surface area contributed by atoms with E-state index in [2.05, 4.69) is 33.1 Å². The van der Waals surface area contributed by atoms with Crippen LogP contribution < -0.4 is 16.0 Å². The highest BCUT2D eigenvalue weighted by atomic mass is 16.6. The lowest BCUT2D eigenvalue weighted by Crippen LogP contribution is -2.47. The third-order valence-corrected chi connectivity index (χ3v) is 5.99. The van der Waals surface area contributed by atoms with Gasteiger partial charge in [-0.25, -0.2) is 14.4 Å². The van der Waals surface area contributed by atoms with E-state index in [-0.39, 0.29) is 31.4 Å². The van der Waals surface area contributed by atoms with Crippen LogP contribution in [0.4, 0.5) is 14.4 Å². The molecule has 11 nitrogen and oxygen atoms in total. The van der Waals surface area contributed by atoms with Crippen molar-refractivity contribution in [1.82, 2.24) is 16.0 Å². The quantitative estimate of drug-likeness (QED) is 0.127. The minimum atomic E-state index is -0.808. The molecule has 3 amide bonds. The van der Waals surface area contributed by atoms with Crippen molar-refractivity contribution in [2.45, 2.75) is 77.5 Å². The number of carbonyl (C=O) groups excluding carboxylic acids is 4. The maximum atomic E-state index is 12.6. The number of hydrogen-bond acceptors (Lipinski definition) is 8. The lowest BCUT2D eigenvalue weighted by atomic mass is 9.98. The maximum absolute atomic E-state index is 12.6. The number of amides is 3. The number of alkyl carbamates (subject to hydrolysis) is 3. The standard InChI is InChI=1S/C31H40N4O7/c1-30(2,3)41-28(38)34-26(35-29(39)42-31(4,5)6)32-17-11-12-20(18-36)33-27(37)40-19-25-23-15-9-7-13-21(23)22-14-8-10-16-24(22)25/h7-10,13-16,18,20,25H,11-12,17,19H2,1-6H3,(H,33,37)(H2,32,34,35,38,39)/t20-/m1/s1. The van der Waals surface area contributed by atoms with Gasteiger partial charge in [0.1, 0.15) is 24.1 Å². The van der Waals surface area contributed by atoms with Crippen LogP contribution in [0.2, 0.25) is 0 Å². The van der Waals surface area contributed by atoms with Crippen LogP contribution in [0.1, 0.15) is 71.4 Å². The predicted molar refractivity (Wildman–Crippen MR) is 158 cm³/mol. The van der Waals surface area contributed by atoms with Gasteiger partial charge in [0.2, 0.25) is 5.96 Å². The van der Waals surface area contributed by atoms with E-state index in [0.29, 0.717) is 12.7 Å². The summed E-state index contributed by atoms with van der Waals surface area (Å²) in [5, 5.41) is 7.39. The van der Waals surface area contributed by atoms with Crippen molar-refractivity contribution in [3.8, 4) is 11.1 Å². The van der Waals surface area contributed by atoms with Gasteiger partial charge in [0, 0.05) is 12.5 Å². The van der Waals surface area contributed by atoms with Crippen LogP contribution in [-0.2, 0) is 19.0 Å². The summed E-state index contributed by atoms with van der Waals surface area (Å²) in [5.74, 6) is -0.258. The number of guanidine groups is 1. The summed E-state index contributed by atoms with van der Waals surface area (Å²) in [7, 11) is 0. The summed E-state index contributed by atoms with van der Waals surface area (Å²) in [6.45, 7) is 10.5. The van der Waals surface area contributed by atoms with Gasteiger partial charge >= 0.3 is 18.3 Å². The first-order chi connectivity index (χ1) is 19.8. The molecule has 0 saturated heterocycles. The summed E-state index contributed by atoms with van der Waals surface area (Å²) in [6, 6.07) is 15.2. The molecule has 0 unspecified atom stereocenters. The molecule has 11 heteroatoms. The molecular formula is C31H40N4O7.